The van der Waals surface area contributed by atoms with Crippen molar-refractivity contribution in [1.29, 1.82) is 0 Å². The Morgan fingerprint density at radius 1 is 1.20 bits per heavy atom. The van der Waals surface area contributed by atoms with Gasteiger partial charge in [-0.05, 0) is 11.5 Å². The van der Waals surface area contributed by atoms with Gasteiger partial charge in [0.15, 0.2) is 5.16 Å². The number of carboxylic acids is 1. The van der Waals surface area contributed by atoms with Crippen molar-refractivity contribution < 1.29 is 9.90 Å². The first kappa shape index (κ1) is 12.7. The molecule has 0 amide bonds. The van der Waals surface area contributed by atoms with Crippen LogP contribution in [0.15, 0.2) is 60.0 Å². The lowest BCUT2D eigenvalue weighted by Crippen LogP contribution is -2.01. The summed E-state index contributed by atoms with van der Waals surface area (Å²) in [7, 11) is 0. The highest BCUT2D eigenvalue weighted by Crippen LogP contribution is 2.26. The average Bonchev–Trinajstić information content (AvgIpc) is 2.92. The first-order valence-electron chi connectivity index (χ1n) is 6.12. The van der Waals surface area contributed by atoms with Gasteiger partial charge in [-0.15, -0.1) is 0 Å². The van der Waals surface area contributed by atoms with Crippen LogP contribution in [-0.2, 0) is 4.79 Å². The highest BCUT2D eigenvalue weighted by Gasteiger charge is 2.10. The van der Waals surface area contributed by atoms with Crippen LogP contribution in [0.3, 0.4) is 0 Å². The third-order valence-electron chi connectivity index (χ3n) is 2.96. The van der Waals surface area contributed by atoms with E-state index >= 15 is 0 Å². The van der Waals surface area contributed by atoms with Gasteiger partial charge in [0, 0.05) is 17.8 Å². The largest absolute Gasteiger partial charge is 0.481 e. The smallest absolute Gasteiger partial charge is 0.313 e. The number of thioether (sulfide) groups is 1. The van der Waals surface area contributed by atoms with Gasteiger partial charge in [-0.2, -0.15) is 0 Å². The predicted molar refractivity (Wildman–Crippen MR) is 79.4 cm³/mol. The van der Waals surface area contributed by atoms with E-state index in [4.69, 9.17) is 5.11 Å². The van der Waals surface area contributed by atoms with E-state index in [1.807, 2.05) is 35.0 Å². The first-order valence-corrected chi connectivity index (χ1v) is 7.10. The van der Waals surface area contributed by atoms with Crippen LogP contribution in [0.25, 0.3) is 16.5 Å². The zero-order valence-electron chi connectivity index (χ0n) is 10.6. The SMILES string of the molecule is O=C(O)CSc1nccn1-c1cccc2ccccc12. The second kappa shape index (κ2) is 5.38. The lowest BCUT2D eigenvalue weighted by atomic mass is 10.1. The van der Waals surface area contributed by atoms with Crippen molar-refractivity contribution >= 4 is 28.5 Å². The minimum absolute atomic E-state index is 0.00177. The molecule has 20 heavy (non-hydrogen) atoms. The highest BCUT2D eigenvalue weighted by atomic mass is 32.2. The predicted octanol–water partition coefficient (Wildman–Crippen LogP) is 3.20. The molecule has 1 heterocycles. The molecule has 0 saturated heterocycles. The highest BCUT2D eigenvalue weighted by molar-refractivity contribution is 7.99. The molecule has 1 N–H and O–H groups in total. The fraction of sp³-hybridized carbons (Fsp3) is 0.0667. The van der Waals surface area contributed by atoms with Crippen LogP contribution >= 0.6 is 11.8 Å². The van der Waals surface area contributed by atoms with Gasteiger partial charge in [0.05, 0.1) is 11.4 Å². The summed E-state index contributed by atoms with van der Waals surface area (Å²) in [6.45, 7) is 0. The summed E-state index contributed by atoms with van der Waals surface area (Å²) < 4.78 is 1.93. The van der Waals surface area contributed by atoms with Gasteiger partial charge in [-0.3, -0.25) is 9.36 Å². The Bertz CT molecular complexity index is 762. The Morgan fingerprint density at radius 3 is 2.85 bits per heavy atom. The van der Waals surface area contributed by atoms with E-state index in [-0.39, 0.29) is 5.75 Å². The van der Waals surface area contributed by atoms with E-state index in [0.29, 0.717) is 5.16 Å². The second-order valence-corrected chi connectivity index (χ2v) is 5.20. The molecule has 0 radical (unpaired) electrons. The van der Waals surface area contributed by atoms with Crippen LogP contribution in [0.2, 0.25) is 0 Å². The number of hydrogen-bond acceptors (Lipinski definition) is 3. The van der Waals surface area contributed by atoms with E-state index in [9.17, 15) is 4.79 Å². The Kier molecular flexibility index (Phi) is 3.43. The Labute approximate surface area is 120 Å². The van der Waals surface area contributed by atoms with E-state index in [1.165, 1.54) is 11.8 Å². The molecule has 4 nitrogen and oxygen atoms in total. The molecule has 100 valence electrons. The summed E-state index contributed by atoms with van der Waals surface area (Å²) in [4.78, 5) is 14.9. The van der Waals surface area contributed by atoms with Gasteiger partial charge >= 0.3 is 5.97 Å². The molecule has 2 aromatic carbocycles. The van der Waals surface area contributed by atoms with E-state index in [0.717, 1.165) is 16.5 Å². The van der Waals surface area contributed by atoms with Crippen molar-refractivity contribution in [1.82, 2.24) is 9.55 Å². The second-order valence-electron chi connectivity index (χ2n) is 4.26. The number of rotatable bonds is 4. The van der Waals surface area contributed by atoms with Gasteiger partial charge in [-0.25, -0.2) is 4.98 Å². The van der Waals surface area contributed by atoms with Crippen molar-refractivity contribution in [2.75, 3.05) is 5.75 Å². The third kappa shape index (κ3) is 2.40. The van der Waals surface area contributed by atoms with Crippen molar-refractivity contribution in [3.63, 3.8) is 0 Å². The summed E-state index contributed by atoms with van der Waals surface area (Å²) in [6.07, 6.45) is 3.54. The van der Waals surface area contributed by atoms with Crippen LogP contribution in [0.4, 0.5) is 0 Å². The molecule has 1 aromatic heterocycles. The Balaban J connectivity index is 2.08. The fourth-order valence-corrected chi connectivity index (χ4v) is 2.81. The van der Waals surface area contributed by atoms with Gasteiger partial charge in [0.1, 0.15) is 0 Å². The number of imidazole rings is 1. The van der Waals surface area contributed by atoms with Crippen molar-refractivity contribution in [2.45, 2.75) is 5.16 Å². The Hall–Kier alpha value is -2.27. The quantitative estimate of drug-likeness (QED) is 0.747. The van der Waals surface area contributed by atoms with Crippen molar-refractivity contribution in [3.8, 4) is 5.69 Å². The number of carbonyl (C=O) groups is 1. The molecule has 3 aromatic rings. The molecular weight excluding hydrogens is 272 g/mol. The molecule has 0 saturated carbocycles. The number of aliphatic carboxylic acids is 1. The van der Waals surface area contributed by atoms with Crippen LogP contribution in [0.1, 0.15) is 0 Å². The molecule has 0 spiro atoms. The fourth-order valence-electron chi connectivity index (χ4n) is 2.12. The molecule has 0 aliphatic carbocycles. The number of hydrogen-bond donors (Lipinski definition) is 1. The Morgan fingerprint density at radius 2 is 2.00 bits per heavy atom. The topological polar surface area (TPSA) is 55.1 Å². The lowest BCUT2D eigenvalue weighted by molar-refractivity contribution is -0.133. The molecule has 0 bridgehead atoms. The number of fused-ring (bicyclic) bond motifs is 1. The average molecular weight is 284 g/mol. The zero-order chi connectivity index (χ0) is 13.9. The van der Waals surface area contributed by atoms with Crippen LogP contribution in [0.5, 0.6) is 0 Å². The number of aromatic nitrogens is 2. The minimum Gasteiger partial charge on any atom is -0.481 e. The minimum atomic E-state index is -0.845. The van der Waals surface area contributed by atoms with E-state index in [1.54, 1.807) is 6.20 Å². The van der Waals surface area contributed by atoms with Crippen molar-refractivity contribution in [2.24, 2.45) is 0 Å². The molecule has 0 aliphatic rings. The molecular formula is C15H12N2O2S. The lowest BCUT2D eigenvalue weighted by Gasteiger charge is -2.10. The molecule has 0 aliphatic heterocycles. The van der Waals surface area contributed by atoms with E-state index in [2.05, 4.69) is 23.2 Å². The number of benzene rings is 2. The zero-order valence-corrected chi connectivity index (χ0v) is 11.4. The number of nitrogens with zero attached hydrogens (tertiary/aromatic N) is 2. The molecule has 3 rings (SSSR count). The van der Waals surface area contributed by atoms with Crippen LogP contribution in [0, 0.1) is 0 Å². The van der Waals surface area contributed by atoms with Crippen LogP contribution < -0.4 is 0 Å². The summed E-state index contributed by atoms with van der Waals surface area (Å²) >= 11 is 1.22. The third-order valence-corrected chi connectivity index (χ3v) is 3.91. The van der Waals surface area contributed by atoms with Gasteiger partial charge in [0.2, 0.25) is 0 Å². The normalized spacial score (nSPS) is 10.8. The summed E-state index contributed by atoms with van der Waals surface area (Å²) in [5.74, 6) is -0.843. The van der Waals surface area contributed by atoms with Gasteiger partial charge in [0.25, 0.3) is 0 Å². The maximum atomic E-state index is 10.7. The summed E-state index contributed by atoms with van der Waals surface area (Å²) in [6, 6.07) is 14.2. The van der Waals surface area contributed by atoms with Crippen molar-refractivity contribution in [3.05, 3.63) is 54.9 Å². The summed E-state index contributed by atoms with van der Waals surface area (Å²) in [5, 5.41) is 11.7. The standard InChI is InChI=1S/C15H12N2O2S/c18-14(19)10-20-15-16-8-9-17(15)13-7-3-5-11-4-1-2-6-12(11)13/h1-9H,10H2,(H,18,19). The van der Waals surface area contributed by atoms with E-state index < -0.39 is 5.97 Å². The monoisotopic (exact) mass is 284 g/mol. The van der Waals surface area contributed by atoms with Gasteiger partial charge < -0.3 is 5.11 Å². The summed E-state index contributed by atoms with van der Waals surface area (Å²) in [5.41, 5.74) is 1.01. The molecule has 0 unspecified atom stereocenters. The molecule has 0 atom stereocenters. The maximum Gasteiger partial charge on any atom is 0.313 e. The molecule has 5 heteroatoms. The number of carboxylic acid groups (broad SMARTS) is 1. The molecule has 0 fully saturated rings. The van der Waals surface area contributed by atoms with Crippen LogP contribution in [-0.4, -0.2) is 26.4 Å². The first-order chi connectivity index (χ1) is 9.75. The maximum absolute atomic E-state index is 10.7. The van der Waals surface area contributed by atoms with Gasteiger partial charge in [-0.1, -0.05) is 48.2 Å².